The molecule has 0 bridgehead atoms. The van der Waals surface area contributed by atoms with Gasteiger partial charge in [0.1, 0.15) is 12.1 Å². The maximum atomic E-state index is 12.9. The second kappa shape index (κ2) is 8.05. The summed E-state index contributed by atoms with van der Waals surface area (Å²) in [5.41, 5.74) is 1.30. The number of anilines is 1. The van der Waals surface area contributed by atoms with Gasteiger partial charge in [0.05, 0.1) is 15.1 Å². The van der Waals surface area contributed by atoms with Gasteiger partial charge in [-0.3, -0.25) is 4.79 Å². The van der Waals surface area contributed by atoms with E-state index < -0.39 is 10.0 Å². The first kappa shape index (κ1) is 19.7. The van der Waals surface area contributed by atoms with Crippen LogP contribution in [0.4, 0.5) is 5.82 Å². The molecule has 152 valence electrons. The molecular weight excluding hydrogens is 410 g/mol. The highest BCUT2D eigenvalue weighted by atomic mass is 32.2. The van der Waals surface area contributed by atoms with Crippen molar-refractivity contribution in [2.24, 2.45) is 0 Å². The van der Waals surface area contributed by atoms with Gasteiger partial charge >= 0.3 is 0 Å². The number of amides is 1. The predicted molar refractivity (Wildman–Crippen MR) is 113 cm³/mol. The number of sulfonamides is 1. The van der Waals surface area contributed by atoms with Gasteiger partial charge in [-0.1, -0.05) is 13.0 Å². The number of aromatic nitrogens is 2. The predicted octanol–water partition coefficient (Wildman–Crippen LogP) is 1.95. The Balaban J connectivity index is 1.48. The molecule has 3 aromatic rings. The van der Waals surface area contributed by atoms with Gasteiger partial charge < -0.3 is 9.80 Å². The summed E-state index contributed by atoms with van der Waals surface area (Å²) in [5.74, 6) is 0.734. The third-order valence-corrected chi connectivity index (χ3v) is 7.26. The van der Waals surface area contributed by atoms with Gasteiger partial charge in [-0.2, -0.15) is 0 Å². The SMILES string of the molecule is CCNS(=O)(=O)c1cccc(C(=O)N2CCN(c3ncnc4ccsc34)CC2)c1. The second-order valence-electron chi connectivity index (χ2n) is 6.64. The maximum Gasteiger partial charge on any atom is 0.254 e. The molecule has 0 spiro atoms. The lowest BCUT2D eigenvalue weighted by atomic mass is 10.2. The minimum Gasteiger partial charge on any atom is -0.352 e. The first-order valence-corrected chi connectivity index (χ1v) is 11.7. The summed E-state index contributed by atoms with van der Waals surface area (Å²) in [6, 6.07) is 8.15. The third-order valence-electron chi connectivity index (χ3n) is 4.82. The van der Waals surface area contributed by atoms with E-state index in [9.17, 15) is 13.2 Å². The van der Waals surface area contributed by atoms with Gasteiger partial charge in [-0.25, -0.2) is 23.1 Å². The summed E-state index contributed by atoms with van der Waals surface area (Å²) < 4.78 is 27.9. The molecule has 0 unspecified atom stereocenters. The van der Waals surface area contributed by atoms with Crippen molar-refractivity contribution < 1.29 is 13.2 Å². The molecule has 1 fully saturated rings. The quantitative estimate of drug-likeness (QED) is 0.663. The van der Waals surface area contributed by atoms with E-state index in [-0.39, 0.29) is 10.8 Å². The molecule has 0 saturated carbocycles. The van der Waals surface area contributed by atoms with Crippen molar-refractivity contribution >= 4 is 43.3 Å². The Hall–Kier alpha value is -2.56. The van der Waals surface area contributed by atoms with Crippen LogP contribution in [0.5, 0.6) is 0 Å². The minimum absolute atomic E-state index is 0.102. The molecule has 0 atom stereocenters. The van der Waals surface area contributed by atoms with Crippen LogP contribution >= 0.6 is 11.3 Å². The zero-order valence-electron chi connectivity index (χ0n) is 15.9. The average molecular weight is 432 g/mol. The average Bonchev–Trinajstić information content (AvgIpc) is 3.22. The maximum absolute atomic E-state index is 12.9. The van der Waals surface area contributed by atoms with Gasteiger partial charge in [0.15, 0.2) is 0 Å². The Morgan fingerprint density at radius 3 is 2.72 bits per heavy atom. The number of hydrogen-bond donors (Lipinski definition) is 1. The highest BCUT2D eigenvalue weighted by Crippen LogP contribution is 2.28. The minimum atomic E-state index is -3.60. The summed E-state index contributed by atoms with van der Waals surface area (Å²) in [6.45, 7) is 4.41. The highest BCUT2D eigenvalue weighted by molar-refractivity contribution is 7.89. The van der Waals surface area contributed by atoms with Gasteiger partial charge in [0, 0.05) is 38.3 Å². The zero-order valence-corrected chi connectivity index (χ0v) is 17.5. The Labute approximate surface area is 173 Å². The number of fused-ring (bicyclic) bond motifs is 1. The fourth-order valence-electron chi connectivity index (χ4n) is 3.37. The lowest BCUT2D eigenvalue weighted by molar-refractivity contribution is 0.0746. The largest absolute Gasteiger partial charge is 0.352 e. The van der Waals surface area contributed by atoms with Crippen LogP contribution in [0.2, 0.25) is 0 Å². The van der Waals surface area contributed by atoms with Crippen LogP contribution in [0.15, 0.2) is 46.9 Å². The molecule has 1 N–H and O–H groups in total. The summed E-state index contributed by atoms with van der Waals surface area (Å²) in [5, 5.41) is 2.00. The van der Waals surface area contributed by atoms with Crippen molar-refractivity contribution in [3.05, 3.63) is 47.6 Å². The van der Waals surface area contributed by atoms with Crippen molar-refractivity contribution in [3.8, 4) is 0 Å². The molecule has 29 heavy (non-hydrogen) atoms. The fraction of sp³-hybridized carbons (Fsp3) is 0.316. The molecule has 3 heterocycles. The van der Waals surface area contributed by atoms with Crippen LogP contribution in [0.3, 0.4) is 0 Å². The number of piperazine rings is 1. The topological polar surface area (TPSA) is 95.5 Å². The van der Waals surface area contributed by atoms with E-state index in [2.05, 4.69) is 19.6 Å². The summed E-state index contributed by atoms with van der Waals surface area (Å²) in [7, 11) is -3.60. The Morgan fingerprint density at radius 1 is 1.17 bits per heavy atom. The van der Waals surface area contributed by atoms with E-state index in [0.717, 1.165) is 16.0 Å². The molecule has 1 amide bonds. The van der Waals surface area contributed by atoms with Gasteiger partial charge in [-0.15, -0.1) is 11.3 Å². The van der Waals surface area contributed by atoms with E-state index >= 15 is 0 Å². The number of nitrogens with zero attached hydrogens (tertiary/aromatic N) is 4. The molecule has 0 aliphatic carbocycles. The van der Waals surface area contributed by atoms with Gasteiger partial charge in [0.25, 0.3) is 5.91 Å². The lowest BCUT2D eigenvalue weighted by Gasteiger charge is -2.35. The van der Waals surface area contributed by atoms with Crippen LogP contribution in [-0.4, -0.2) is 61.9 Å². The van der Waals surface area contributed by atoms with E-state index in [1.54, 1.807) is 41.6 Å². The molecule has 4 rings (SSSR count). The normalized spacial score (nSPS) is 15.1. The molecular formula is C19H21N5O3S2. The van der Waals surface area contributed by atoms with Crippen LogP contribution in [0, 0.1) is 0 Å². The Morgan fingerprint density at radius 2 is 1.97 bits per heavy atom. The fourth-order valence-corrected chi connectivity index (χ4v) is 5.32. The first-order valence-electron chi connectivity index (χ1n) is 9.32. The monoisotopic (exact) mass is 431 g/mol. The molecule has 2 aromatic heterocycles. The molecule has 1 aromatic carbocycles. The molecule has 1 aliphatic heterocycles. The first-order chi connectivity index (χ1) is 14.0. The van der Waals surface area contributed by atoms with Crippen molar-refractivity contribution in [1.29, 1.82) is 0 Å². The van der Waals surface area contributed by atoms with Gasteiger partial charge in [0.2, 0.25) is 10.0 Å². The zero-order chi connectivity index (χ0) is 20.4. The van der Waals surface area contributed by atoms with Crippen molar-refractivity contribution in [3.63, 3.8) is 0 Å². The molecule has 1 saturated heterocycles. The van der Waals surface area contributed by atoms with Crippen molar-refractivity contribution in [2.75, 3.05) is 37.6 Å². The molecule has 0 radical (unpaired) electrons. The van der Waals surface area contributed by atoms with Crippen LogP contribution in [-0.2, 0) is 10.0 Å². The molecule has 8 nitrogen and oxygen atoms in total. The Kier molecular flexibility index (Phi) is 5.48. The number of carbonyl (C=O) groups excluding carboxylic acids is 1. The van der Waals surface area contributed by atoms with E-state index in [1.165, 1.54) is 12.1 Å². The smallest absolute Gasteiger partial charge is 0.254 e. The summed E-state index contributed by atoms with van der Waals surface area (Å²) in [4.78, 5) is 25.6. The van der Waals surface area contributed by atoms with Crippen LogP contribution < -0.4 is 9.62 Å². The summed E-state index contributed by atoms with van der Waals surface area (Å²) in [6.07, 6.45) is 1.57. The Bertz CT molecular complexity index is 1140. The van der Waals surface area contributed by atoms with E-state index in [0.29, 0.717) is 38.3 Å². The molecule has 1 aliphatic rings. The third kappa shape index (κ3) is 3.96. The van der Waals surface area contributed by atoms with E-state index in [1.807, 2.05) is 11.4 Å². The van der Waals surface area contributed by atoms with Crippen LogP contribution in [0.1, 0.15) is 17.3 Å². The van der Waals surface area contributed by atoms with Crippen LogP contribution in [0.25, 0.3) is 10.2 Å². The lowest BCUT2D eigenvalue weighted by Crippen LogP contribution is -2.49. The number of rotatable bonds is 5. The standard InChI is InChI=1S/C19H21N5O3S2/c1-2-22-29(26,27)15-5-3-4-14(12-15)19(25)24-9-7-23(8-10-24)18-17-16(6-11-28-17)20-13-21-18/h3-6,11-13,22H,2,7-10H2,1H3. The van der Waals surface area contributed by atoms with Gasteiger partial charge in [-0.05, 0) is 29.6 Å². The number of carbonyl (C=O) groups is 1. The number of hydrogen-bond acceptors (Lipinski definition) is 7. The number of thiophene rings is 1. The van der Waals surface area contributed by atoms with E-state index in [4.69, 9.17) is 0 Å². The van der Waals surface area contributed by atoms with Crippen molar-refractivity contribution in [1.82, 2.24) is 19.6 Å². The molecule has 10 heteroatoms. The van der Waals surface area contributed by atoms with Crippen molar-refractivity contribution in [2.45, 2.75) is 11.8 Å². The number of nitrogens with one attached hydrogen (secondary N) is 1. The second-order valence-corrected chi connectivity index (χ2v) is 9.32. The number of benzene rings is 1. The summed E-state index contributed by atoms with van der Waals surface area (Å²) >= 11 is 1.61. The highest BCUT2D eigenvalue weighted by Gasteiger charge is 2.25.